The van der Waals surface area contributed by atoms with Gasteiger partial charge in [0.15, 0.2) is 0 Å². The molecule has 15 heavy (non-hydrogen) atoms. The quantitative estimate of drug-likeness (QED) is 0.761. The predicted molar refractivity (Wildman–Crippen MR) is 63.2 cm³/mol. The molecule has 82 valence electrons. The maximum atomic E-state index is 11.8. The lowest BCUT2D eigenvalue weighted by molar-refractivity contribution is -0.132. The van der Waals surface area contributed by atoms with Gasteiger partial charge >= 0.3 is 0 Å². The number of carbonyl (C=O) groups excluding carboxylic acids is 1. The highest BCUT2D eigenvalue weighted by Crippen LogP contribution is 2.09. The first kappa shape index (κ1) is 10.8. The molecule has 0 spiro atoms. The van der Waals surface area contributed by atoms with Gasteiger partial charge in [0.1, 0.15) is 12.9 Å². The Morgan fingerprint density at radius 3 is 2.73 bits per heavy atom. The summed E-state index contributed by atoms with van der Waals surface area (Å²) >= 11 is 2.03. The molecule has 0 aliphatic carbocycles. The summed E-state index contributed by atoms with van der Waals surface area (Å²) in [6.45, 7) is 2.10. The molecular formula is C9H13IN4O. The fourth-order valence-corrected chi connectivity index (χ4v) is 2.13. The van der Waals surface area contributed by atoms with Gasteiger partial charge in [-0.25, -0.2) is 9.67 Å². The molecule has 1 fully saturated rings. The first-order valence-electron chi connectivity index (χ1n) is 5.08. The minimum absolute atomic E-state index is 0.149. The molecule has 0 radical (unpaired) electrons. The van der Waals surface area contributed by atoms with Gasteiger partial charge in [-0.15, -0.1) is 5.10 Å². The van der Waals surface area contributed by atoms with Crippen LogP contribution in [0.15, 0.2) is 6.33 Å². The molecule has 0 unspecified atom stereocenters. The Hall–Kier alpha value is -0.660. The van der Waals surface area contributed by atoms with Gasteiger partial charge in [0, 0.05) is 35.7 Å². The number of hydrogen-bond acceptors (Lipinski definition) is 3. The van der Waals surface area contributed by atoms with Crippen LogP contribution in [0.4, 0.5) is 0 Å². The van der Waals surface area contributed by atoms with Crippen molar-refractivity contribution in [2.75, 3.05) is 13.1 Å². The van der Waals surface area contributed by atoms with E-state index in [9.17, 15) is 4.79 Å². The molecule has 0 aromatic carbocycles. The highest BCUT2D eigenvalue weighted by molar-refractivity contribution is 14.1. The van der Waals surface area contributed by atoms with Gasteiger partial charge in [-0.3, -0.25) is 4.79 Å². The smallest absolute Gasteiger partial charge is 0.244 e. The largest absolute Gasteiger partial charge is 0.341 e. The van der Waals surface area contributed by atoms with Crippen LogP contribution in [-0.4, -0.2) is 38.7 Å². The van der Waals surface area contributed by atoms with Crippen LogP contribution in [-0.2, 0) is 11.3 Å². The van der Waals surface area contributed by atoms with Crippen molar-refractivity contribution in [3.63, 3.8) is 0 Å². The van der Waals surface area contributed by atoms with Crippen LogP contribution in [0, 0.1) is 3.83 Å². The maximum Gasteiger partial charge on any atom is 0.244 e. The molecule has 6 heteroatoms. The highest BCUT2D eigenvalue weighted by Gasteiger charge is 2.16. The molecule has 1 aromatic rings. The standard InChI is InChI=1S/C9H13IN4O/c10-9-11-7-14(12-9)6-8(15)13-4-2-1-3-5-13/h7H,1-6H2. The zero-order valence-electron chi connectivity index (χ0n) is 8.40. The first-order valence-corrected chi connectivity index (χ1v) is 6.16. The van der Waals surface area contributed by atoms with Crippen LogP contribution in [0.2, 0.25) is 0 Å². The number of nitrogens with zero attached hydrogens (tertiary/aromatic N) is 4. The third-order valence-corrected chi connectivity index (χ3v) is 3.01. The predicted octanol–water partition coefficient (Wildman–Crippen LogP) is 0.895. The van der Waals surface area contributed by atoms with E-state index in [4.69, 9.17) is 0 Å². The van der Waals surface area contributed by atoms with E-state index in [1.165, 1.54) is 6.42 Å². The Morgan fingerprint density at radius 2 is 2.13 bits per heavy atom. The minimum Gasteiger partial charge on any atom is -0.341 e. The van der Waals surface area contributed by atoms with Crippen molar-refractivity contribution in [1.29, 1.82) is 0 Å². The van der Waals surface area contributed by atoms with Crippen LogP contribution >= 0.6 is 22.6 Å². The Morgan fingerprint density at radius 1 is 1.40 bits per heavy atom. The molecule has 5 nitrogen and oxygen atoms in total. The number of piperidine rings is 1. The molecular weight excluding hydrogens is 307 g/mol. The van der Waals surface area contributed by atoms with E-state index in [1.807, 2.05) is 27.5 Å². The van der Waals surface area contributed by atoms with Crippen molar-refractivity contribution in [3.8, 4) is 0 Å². The summed E-state index contributed by atoms with van der Waals surface area (Å²) in [4.78, 5) is 17.7. The Labute approximate surface area is 102 Å². The zero-order chi connectivity index (χ0) is 10.7. The second-order valence-electron chi connectivity index (χ2n) is 3.65. The Balaban J connectivity index is 1.91. The molecule has 2 heterocycles. The van der Waals surface area contributed by atoms with E-state index < -0.39 is 0 Å². The summed E-state index contributed by atoms with van der Waals surface area (Å²) in [5, 5.41) is 4.09. The monoisotopic (exact) mass is 320 g/mol. The summed E-state index contributed by atoms with van der Waals surface area (Å²) in [7, 11) is 0. The van der Waals surface area contributed by atoms with E-state index in [2.05, 4.69) is 10.1 Å². The number of aromatic nitrogens is 3. The number of rotatable bonds is 2. The van der Waals surface area contributed by atoms with Crippen molar-refractivity contribution < 1.29 is 4.79 Å². The van der Waals surface area contributed by atoms with Gasteiger partial charge in [-0.05, 0) is 19.3 Å². The van der Waals surface area contributed by atoms with Crippen LogP contribution in [0.5, 0.6) is 0 Å². The second-order valence-corrected chi connectivity index (χ2v) is 4.62. The van der Waals surface area contributed by atoms with Gasteiger partial charge in [0.2, 0.25) is 9.74 Å². The topological polar surface area (TPSA) is 51.0 Å². The highest BCUT2D eigenvalue weighted by atomic mass is 127. The number of carbonyl (C=O) groups is 1. The molecule has 0 saturated carbocycles. The third-order valence-electron chi connectivity index (χ3n) is 2.51. The molecule has 0 N–H and O–H groups in total. The van der Waals surface area contributed by atoms with Crippen LogP contribution < -0.4 is 0 Å². The van der Waals surface area contributed by atoms with E-state index in [-0.39, 0.29) is 5.91 Å². The molecule has 1 amide bonds. The minimum atomic E-state index is 0.149. The lowest BCUT2D eigenvalue weighted by Gasteiger charge is -2.26. The summed E-state index contributed by atoms with van der Waals surface area (Å²) in [6, 6.07) is 0. The lowest BCUT2D eigenvalue weighted by Crippen LogP contribution is -2.37. The SMILES string of the molecule is O=C(Cn1cnc(I)n1)N1CCCCC1. The number of likely N-dealkylation sites (tertiary alicyclic amines) is 1. The van der Waals surface area contributed by atoms with Crippen molar-refractivity contribution in [2.45, 2.75) is 25.8 Å². The van der Waals surface area contributed by atoms with Crippen molar-refractivity contribution in [2.24, 2.45) is 0 Å². The van der Waals surface area contributed by atoms with E-state index >= 15 is 0 Å². The number of hydrogen-bond donors (Lipinski definition) is 0. The number of amides is 1. The van der Waals surface area contributed by atoms with Crippen LogP contribution in [0.25, 0.3) is 0 Å². The normalized spacial score (nSPS) is 16.7. The molecule has 1 aliphatic rings. The average Bonchev–Trinajstić information content (AvgIpc) is 2.65. The van der Waals surface area contributed by atoms with E-state index in [0.717, 1.165) is 25.9 Å². The second kappa shape index (κ2) is 4.91. The van der Waals surface area contributed by atoms with Crippen LogP contribution in [0.1, 0.15) is 19.3 Å². The Kier molecular flexibility index (Phi) is 3.55. The molecule has 2 rings (SSSR count). The summed E-state index contributed by atoms with van der Waals surface area (Å²) in [6.07, 6.45) is 5.09. The van der Waals surface area contributed by atoms with Gasteiger partial charge in [0.05, 0.1) is 0 Å². The summed E-state index contributed by atoms with van der Waals surface area (Å²) < 4.78 is 2.28. The molecule has 0 bridgehead atoms. The van der Waals surface area contributed by atoms with Gasteiger partial charge < -0.3 is 4.90 Å². The average molecular weight is 320 g/mol. The van der Waals surface area contributed by atoms with Crippen LogP contribution in [0.3, 0.4) is 0 Å². The van der Waals surface area contributed by atoms with Gasteiger partial charge in [0.25, 0.3) is 0 Å². The Bertz CT molecular complexity index is 346. The zero-order valence-corrected chi connectivity index (χ0v) is 10.6. The van der Waals surface area contributed by atoms with Crippen molar-refractivity contribution in [3.05, 3.63) is 10.2 Å². The van der Waals surface area contributed by atoms with E-state index in [1.54, 1.807) is 11.0 Å². The number of halogens is 1. The molecule has 1 aliphatic heterocycles. The lowest BCUT2D eigenvalue weighted by atomic mass is 10.1. The van der Waals surface area contributed by atoms with Gasteiger partial charge in [-0.1, -0.05) is 0 Å². The molecule has 0 atom stereocenters. The summed E-state index contributed by atoms with van der Waals surface area (Å²) in [5.74, 6) is 0.149. The van der Waals surface area contributed by atoms with E-state index in [0.29, 0.717) is 10.4 Å². The van der Waals surface area contributed by atoms with Crippen molar-refractivity contribution >= 4 is 28.5 Å². The molecule has 1 saturated heterocycles. The maximum absolute atomic E-state index is 11.8. The summed E-state index contributed by atoms with van der Waals surface area (Å²) in [5.41, 5.74) is 0. The fraction of sp³-hybridized carbons (Fsp3) is 0.667. The first-order chi connectivity index (χ1) is 7.25. The third kappa shape index (κ3) is 2.90. The van der Waals surface area contributed by atoms with Crippen molar-refractivity contribution in [1.82, 2.24) is 19.7 Å². The fourth-order valence-electron chi connectivity index (χ4n) is 1.73. The van der Waals surface area contributed by atoms with Gasteiger partial charge in [-0.2, -0.15) is 0 Å². The molecule has 1 aromatic heterocycles.